The number of aryl methyl sites for hydroxylation is 2. The zero-order chi connectivity index (χ0) is 15.6. The van der Waals surface area contributed by atoms with Gasteiger partial charge in [0.15, 0.2) is 0 Å². The summed E-state index contributed by atoms with van der Waals surface area (Å²) in [6.07, 6.45) is 5.53. The Kier molecular flexibility index (Phi) is 5.33. The Balaban J connectivity index is 2.13. The van der Waals surface area contributed by atoms with E-state index < -0.39 is 0 Å². The predicted molar refractivity (Wildman–Crippen MR) is 88.8 cm³/mol. The van der Waals surface area contributed by atoms with Crippen LogP contribution in [-0.4, -0.2) is 39.4 Å². The third kappa shape index (κ3) is 3.43. The van der Waals surface area contributed by atoms with Crippen LogP contribution in [0.5, 0.6) is 0 Å². The first kappa shape index (κ1) is 16.8. The van der Waals surface area contributed by atoms with Crippen LogP contribution in [0.4, 0.5) is 0 Å². The summed E-state index contributed by atoms with van der Waals surface area (Å²) in [6, 6.07) is 0.0493. The average molecular weight is 313 g/mol. The van der Waals surface area contributed by atoms with Crippen LogP contribution in [0, 0.1) is 0 Å². The molecule has 2 N–H and O–H groups in total. The first-order valence-electron chi connectivity index (χ1n) is 8.08. The van der Waals surface area contributed by atoms with Gasteiger partial charge in [0.25, 0.3) is 0 Å². The lowest BCUT2D eigenvalue weighted by molar-refractivity contribution is 0.0726. The lowest BCUT2D eigenvalue weighted by Crippen LogP contribution is -2.58. The normalized spacial score (nSPS) is 19.0. The highest BCUT2D eigenvalue weighted by atomic mass is 35.5. The van der Waals surface area contributed by atoms with Crippen molar-refractivity contribution in [3.05, 3.63) is 16.4 Å². The number of nitrogens with zero attached hydrogens (tertiary/aromatic N) is 3. The molecule has 2 heterocycles. The second-order valence-electron chi connectivity index (χ2n) is 6.70. The molecular weight excluding hydrogens is 284 g/mol. The third-order valence-electron chi connectivity index (χ3n) is 4.99. The first-order valence-corrected chi connectivity index (χ1v) is 8.46. The van der Waals surface area contributed by atoms with Gasteiger partial charge < -0.3 is 5.73 Å². The van der Waals surface area contributed by atoms with Gasteiger partial charge in [-0.1, -0.05) is 24.9 Å². The number of hydrogen-bond acceptors (Lipinski definition) is 3. The van der Waals surface area contributed by atoms with Crippen molar-refractivity contribution in [1.29, 1.82) is 0 Å². The molecule has 1 aliphatic heterocycles. The van der Waals surface area contributed by atoms with Crippen molar-refractivity contribution in [2.75, 3.05) is 13.1 Å². The van der Waals surface area contributed by atoms with Gasteiger partial charge >= 0.3 is 0 Å². The fraction of sp³-hybridized carbons (Fsp3) is 0.812. The number of nitrogens with two attached hydrogens (primary N) is 1. The molecule has 21 heavy (non-hydrogen) atoms. The van der Waals surface area contributed by atoms with Gasteiger partial charge in [-0.05, 0) is 46.2 Å². The van der Waals surface area contributed by atoms with Gasteiger partial charge in [-0.25, -0.2) is 0 Å². The molecule has 1 aromatic rings. The van der Waals surface area contributed by atoms with E-state index in [9.17, 15) is 0 Å². The Morgan fingerprint density at radius 3 is 2.43 bits per heavy atom. The summed E-state index contributed by atoms with van der Waals surface area (Å²) in [6.45, 7) is 8.90. The van der Waals surface area contributed by atoms with Crippen molar-refractivity contribution in [2.45, 2.75) is 64.5 Å². The van der Waals surface area contributed by atoms with Crippen LogP contribution in [0.25, 0.3) is 0 Å². The predicted octanol–water partition coefficient (Wildman–Crippen LogP) is 2.77. The molecule has 120 valence electrons. The molecule has 1 aliphatic rings. The molecule has 2 rings (SSSR count). The van der Waals surface area contributed by atoms with Crippen molar-refractivity contribution in [1.82, 2.24) is 14.7 Å². The van der Waals surface area contributed by atoms with Gasteiger partial charge in [-0.2, -0.15) is 5.10 Å². The van der Waals surface area contributed by atoms with E-state index in [1.807, 2.05) is 11.7 Å². The van der Waals surface area contributed by atoms with Gasteiger partial charge in [0, 0.05) is 25.0 Å². The molecule has 0 aromatic carbocycles. The largest absolute Gasteiger partial charge is 0.326 e. The van der Waals surface area contributed by atoms with Crippen LogP contribution in [0.2, 0.25) is 5.02 Å². The average Bonchev–Trinajstić information content (AvgIpc) is 2.75. The molecule has 0 aliphatic carbocycles. The lowest BCUT2D eigenvalue weighted by atomic mass is 9.88. The summed E-state index contributed by atoms with van der Waals surface area (Å²) in [7, 11) is 1.96. The standard InChI is InChI=1S/C16H29ClN4/c1-5-12-15(17)13(20(4)19-12)11-14(18)16(2,3)21-9-7-6-8-10-21/h14H,5-11,18H2,1-4H3. The van der Waals surface area contributed by atoms with Crippen molar-refractivity contribution in [3.8, 4) is 0 Å². The fourth-order valence-electron chi connectivity index (χ4n) is 3.20. The number of likely N-dealkylation sites (tertiary alicyclic amines) is 1. The quantitative estimate of drug-likeness (QED) is 0.909. The zero-order valence-electron chi connectivity index (χ0n) is 13.8. The maximum absolute atomic E-state index is 6.56. The first-order chi connectivity index (χ1) is 9.87. The molecule has 1 fully saturated rings. The van der Waals surface area contributed by atoms with Gasteiger partial charge in [0.2, 0.25) is 0 Å². The van der Waals surface area contributed by atoms with Crippen molar-refractivity contribution < 1.29 is 0 Å². The number of hydrogen-bond donors (Lipinski definition) is 1. The summed E-state index contributed by atoms with van der Waals surface area (Å²) >= 11 is 6.46. The summed E-state index contributed by atoms with van der Waals surface area (Å²) in [4.78, 5) is 2.53. The maximum atomic E-state index is 6.56. The van der Waals surface area contributed by atoms with Crippen LogP contribution in [0.1, 0.15) is 51.4 Å². The van der Waals surface area contributed by atoms with Gasteiger partial charge in [0.05, 0.1) is 16.4 Å². The van der Waals surface area contributed by atoms with E-state index in [4.69, 9.17) is 17.3 Å². The minimum Gasteiger partial charge on any atom is -0.326 e. The molecule has 1 saturated heterocycles. The highest BCUT2D eigenvalue weighted by Crippen LogP contribution is 2.28. The number of halogens is 1. The Labute approximate surface area is 133 Å². The zero-order valence-corrected chi connectivity index (χ0v) is 14.6. The molecule has 1 aromatic heterocycles. The smallest absolute Gasteiger partial charge is 0.0850 e. The highest BCUT2D eigenvalue weighted by Gasteiger charge is 2.34. The summed E-state index contributed by atoms with van der Waals surface area (Å²) < 4.78 is 1.90. The van der Waals surface area contributed by atoms with E-state index in [0.717, 1.165) is 42.3 Å². The molecule has 0 radical (unpaired) electrons. The minimum atomic E-state index is -0.0135. The SMILES string of the molecule is CCc1nn(C)c(CC(N)C(C)(C)N2CCCCC2)c1Cl. The van der Waals surface area contributed by atoms with Crippen LogP contribution >= 0.6 is 11.6 Å². The monoisotopic (exact) mass is 312 g/mol. The molecular formula is C16H29ClN4. The lowest BCUT2D eigenvalue weighted by Gasteiger charge is -2.44. The van der Waals surface area contributed by atoms with Crippen LogP contribution in [-0.2, 0) is 19.9 Å². The van der Waals surface area contributed by atoms with E-state index in [2.05, 4.69) is 30.8 Å². The summed E-state index contributed by atoms with van der Waals surface area (Å²) in [5.41, 5.74) is 8.58. The number of aromatic nitrogens is 2. The van der Waals surface area contributed by atoms with Crippen LogP contribution < -0.4 is 5.73 Å². The molecule has 0 bridgehead atoms. The Hall–Kier alpha value is -0.580. The van der Waals surface area contributed by atoms with Crippen LogP contribution in [0.15, 0.2) is 0 Å². The Bertz CT molecular complexity index is 475. The highest BCUT2D eigenvalue weighted by molar-refractivity contribution is 6.31. The Morgan fingerprint density at radius 2 is 1.90 bits per heavy atom. The fourth-order valence-corrected chi connectivity index (χ4v) is 3.58. The van der Waals surface area contributed by atoms with Crippen molar-refractivity contribution in [2.24, 2.45) is 12.8 Å². The van der Waals surface area contributed by atoms with E-state index >= 15 is 0 Å². The maximum Gasteiger partial charge on any atom is 0.0850 e. The molecule has 4 nitrogen and oxygen atoms in total. The van der Waals surface area contributed by atoms with Gasteiger partial charge in [0.1, 0.15) is 0 Å². The molecule has 1 atom stereocenters. The summed E-state index contributed by atoms with van der Waals surface area (Å²) in [5.74, 6) is 0. The van der Waals surface area contributed by atoms with E-state index in [1.165, 1.54) is 19.3 Å². The van der Waals surface area contributed by atoms with Gasteiger partial charge in [-0.15, -0.1) is 0 Å². The van der Waals surface area contributed by atoms with E-state index in [1.54, 1.807) is 0 Å². The molecule has 5 heteroatoms. The van der Waals surface area contributed by atoms with E-state index in [-0.39, 0.29) is 11.6 Å². The minimum absolute atomic E-state index is 0.0135. The second kappa shape index (κ2) is 6.67. The molecule has 0 saturated carbocycles. The van der Waals surface area contributed by atoms with E-state index in [0.29, 0.717) is 0 Å². The number of piperidine rings is 1. The van der Waals surface area contributed by atoms with Crippen molar-refractivity contribution >= 4 is 11.6 Å². The molecule has 0 spiro atoms. The van der Waals surface area contributed by atoms with Gasteiger partial charge in [-0.3, -0.25) is 9.58 Å². The van der Waals surface area contributed by atoms with Crippen molar-refractivity contribution in [3.63, 3.8) is 0 Å². The van der Waals surface area contributed by atoms with Crippen LogP contribution in [0.3, 0.4) is 0 Å². The number of rotatable bonds is 5. The second-order valence-corrected chi connectivity index (χ2v) is 7.07. The summed E-state index contributed by atoms with van der Waals surface area (Å²) in [5, 5.41) is 5.29. The third-order valence-corrected chi connectivity index (χ3v) is 5.43. The molecule has 0 amide bonds. The topological polar surface area (TPSA) is 47.1 Å². The molecule has 1 unspecified atom stereocenters. The Morgan fingerprint density at radius 1 is 1.29 bits per heavy atom.